The molecule has 0 radical (unpaired) electrons. The molecule has 0 saturated carbocycles. The molecule has 0 aromatic heterocycles. The minimum Gasteiger partial charge on any atom is -0.506 e. The van der Waals surface area contributed by atoms with Gasteiger partial charge in [0.15, 0.2) is 0 Å². The van der Waals surface area contributed by atoms with Gasteiger partial charge in [-0.25, -0.2) is 0 Å². The molecule has 106 valence electrons. The quantitative estimate of drug-likeness (QED) is 0.767. The number of benzene rings is 2. The summed E-state index contributed by atoms with van der Waals surface area (Å²) < 4.78 is 0. The predicted molar refractivity (Wildman–Crippen MR) is 81.0 cm³/mol. The largest absolute Gasteiger partial charge is 0.506 e. The van der Waals surface area contributed by atoms with Crippen LogP contribution in [0.15, 0.2) is 48.5 Å². The Hall–Kier alpha value is -1.55. The molecule has 0 spiro atoms. The molecule has 3 N–H and O–H groups in total. The molecule has 0 aliphatic carbocycles. The first kappa shape index (κ1) is 14.9. The SMILES string of the molecule is OCC(Cc1ccccc1)NCc1cccc(Cl)c1O. The summed E-state index contributed by atoms with van der Waals surface area (Å²) in [4.78, 5) is 0. The van der Waals surface area contributed by atoms with Crippen LogP contribution in [0.5, 0.6) is 5.75 Å². The van der Waals surface area contributed by atoms with Crippen molar-refractivity contribution in [1.82, 2.24) is 5.32 Å². The zero-order chi connectivity index (χ0) is 14.4. The molecule has 1 unspecified atom stereocenters. The average molecular weight is 292 g/mol. The highest BCUT2D eigenvalue weighted by molar-refractivity contribution is 6.32. The van der Waals surface area contributed by atoms with E-state index in [0.29, 0.717) is 11.6 Å². The van der Waals surface area contributed by atoms with E-state index >= 15 is 0 Å². The fraction of sp³-hybridized carbons (Fsp3) is 0.250. The van der Waals surface area contributed by atoms with Crippen LogP contribution in [0.1, 0.15) is 11.1 Å². The first-order chi connectivity index (χ1) is 9.70. The highest BCUT2D eigenvalue weighted by Crippen LogP contribution is 2.26. The molecule has 0 bridgehead atoms. The Bertz CT molecular complexity index is 545. The van der Waals surface area contributed by atoms with Gasteiger partial charge in [0.1, 0.15) is 5.75 Å². The van der Waals surface area contributed by atoms with Crippen LogP contribution in [0.3, 0.4) is 0 Å². The number of phenols is 1. The fourth-order valence-electron chi connectivity index (χ4n) is 2.06. The molecule has 20 heavy (non-hydrogen) atoms. The zero-order valence-corrected chi connectivity index (χ0v) is 11.8. The number of para-hydroxylation sites is 1. The van der Waals surface area contributed by atoms with E-state index < -0.39 is 0 Å². The van der Waals surface area contributed by atoms with E-state index in [-0.39, 0.29) is 18.4 Å². The summed E-state index contributed by atoms with van der Waals surface area (Å²) in [6, 6.07) is 15.2. The molecule has 2 rings (SSSR count). The average Bonchev–Trinajstić information content (AvgIpc) is 2.48. The monoisotopic (exact) mass is 291 g/mol. The molecule has 2 aromatic carbocycles. The van der Waals surface area contributed by atoms with Crippen LogP contribution in [-0.4, -0.2) is 22.9 Å². The summed E-state index contributed by atoms with van der Waals surface area (Å²) in [5, 5.41) is 22.9. The maximum absolute atomic E-state index is 9.84. The Morgan fingerprint density at radius 3 is 2.50 bits per heavy atom. The molecule has 0 aliphatic rings. The van der Waals surface area contributed by atoms with Crippen molar-refractivity contribution in [3.8, 4) is 5.75 Å². The van der Waals surface area contributed by atoms with Crippen LogP contribution in [0.4, 0.5) is 0 Å². The predicted octanol–water partition coefficient (Wildman–Crippen LogP) is 2.74. The second-order valence-electron chi connectivity index (χ2n) is 4.70. The lowest BCUT2D eigenvalue weighted by atomic mass is 10.1. The van der Waals surface area contributed by atoms with Crippen LogP contribution < -0.4 is 5.32 Å². The summed E-state index contributed by atoms with van der Waals surface area (Å²) in [5.74, 6) is 0.0954. The van der Waals surface area contributed by atoms with Gasteiger partial charge in [-0.2, -0.15) is 0 Å². The minimum atomic E-state index is -0.0595. The highest BCUT2D eigenvalue weighted by Gasteiger charge is 2.10. The number of halogens is 1. The van der Waals surface area contributed by atoms with Crippen LogP contribution in [-0.2, 0) is 13.0 Å². The molecule has 0 aliphatic heterocycles. The number of nitrogens with one attached hydrogen (secondary N) is 1. The lowest BCUT2D eigenvalue weighted by Crippen LogP contribution is -2.34. The van der Waals surface area contributed by atoms with E-state index in [1.165, 1.54) is 0 Å². The third-order valence-electron chi connectivity index (χ3n) is 3.20. The molecule has 4 heteroatoms. The summed E-state index contributed by atoms with van der Waals surface area (Å²) in [6.07, 6.45) is 0.735. The molecule has 2 aromatic rings. The summed E-state index contributed by atoms with van der Waals surface area (Å²) in [6.45, 7) is 0.501. The molecular weight excluding hydrogens is 274 g/mol. The second kappa shape index (κ2) is 7.29. The molecule has 0 heterocycles. The first-order valence-corrected chi connectivity index (χ1v) is 6.93. The van der Waals surface area contributed by atoms with Gasteiger partial charge in [0, 0.05) is 18.2 Å². The van der Waals surface area contributed by atoms with Gasteiger partial charge in [0.25, 0.3) is 0 Å². The van der Waals surface area contributed by atoms with Gasteiger partial charge in [0.05, 0.1) is 11.6 Å². The first-order valence-electron chi connectivity index (χ1n) is 6.55. The number of rotatable bonds is 6. The van der Waals surface area contributed by atoms with E-state index in [4.69, 9.17) is 11.6 Å². The van der Waals surface area contributed by atoms with E-state index in [9.17, 15) is 10.2 Å². The number of aliphatic hydroxyl groups excluding tert-OH is 1. The number of hydrogen-bond donors (Lipinski definition) is 3. The third-order valence-corrected chi connectivity index (χ3v) is 3.50. The Labute approximate surface area is 123 Å². The topological polar surface area (TPSA) is 52.5 Å². The Morgan fingerprint density at radius 1 is 1.05 bits per heavy atom. The molecule has 3 nitrogen and oxygen atoms in total. The molecule has 1 atom stereocenters. The second-order valence-corrected chi connectivity index (χ2v) is 5.10. The standard InChI is InChI=1S/C16H18ClNO2/c17-15-8-4-7-13(16(15)20)10-18-14(11-19)9-12-5-2-1-3-6-12/h1-8,14,18-20H,9-11H2. The van der Waals surface area contributed by atoms with Crippen LogP contribution in [0.2, 0.25) is 5.02 Å². The summed E-state index contributed by atoms with van der Waals surface area (Å²) in [5.41, 5.74) is 1.89. The summed E-state index contributed by atoms with van der Waals surface area (Å²) >= 11 is 5.87. The Morgan fingerprint density at radius 2 is 1.80 bits per heavy atom. The van der Waals surface area contributed by atoms with Crippen molar-refractivity contribution >= 4 is 11.6 Å². The van der Waals surface area contributed by atoms with E-state index in [0.717, 1.165) is 17.5 Å². The lowest BCUT2D eigenvalue weighted by molar-refractivity contribution is 0.240. The van der Waals surface area contributed by atoms with Crippen molar-refractivity contribution in [1.29, 1.82) is 0 Å². The van der Waals surface area contributed by atoms with Crippen molar-refractivity contribution in [2.75, 3.05) is 6.61 Å². The fourth-order valence-corrected chi connectivity index (χ4v) is 2.25. The van der Waals surface area contributed by atoms with Crippen molar-refractivity contribution in [2.45, 2.75) is 19.0 Å². The van der Waals surface area contributed by atoms with Crippen molar-refractivity contribution in [3.63, 3.8) is 0 Å². The van der Waals surface area contributed by atoms with Gasteiger partial charge >= 0.3 is 0 Å². The molecular formula is C16H18ClNO2. The van der Waals surface area contributed by atoms with Crippen molar-refractivity contribution in [2.24, 2.45) is 0 Å². The number of hydrogen-bond acceptors (Lipinski definition) is 3. The minimum absolute atomic E-state index is 0.0379. The number of aliphatic hydroxyl groups is 1. The van der Waals surface area contributed by atoms with E-state index in [1.54, 1.807) is 12.1 Å². The number of phenolic OH excluding ortho intramolecular Hbond substituents is 1. The smallest absolute Gasteiger partial charge is 0.138 e. The van der Waals surface area contributed by atoms with Crippen LogP contribution in [0, 0.1) is 0 Å². The lowest BCUT2D eigenvalue weighted by Gasteiger charge is -2.17. The van der Waals surface area contributed by atoms with Gasteiger partial charge in [-0.15, -0.1) is 0 Å². The zero-order valence-electron chi connectivity index (χ0n) is 11.1. The number of aromatic hydroxyl groups is 1. The van der Waals surface area contributed by atoms with Gasteiger partial charge in [0.2, 0.25) is 0 Å². The maximum Gasteiger partial charge on any atom is 0.138 e. The molecule has 0 saturated heterocycles. The summed E-state index contributed by atoms with van der Waals surface area (Å²) in [7, 11) is 0. The molecule has 0 amide bonds. The van der Waals surface area contributed by atoms with Crippen LogP contribution >= 0.6 is 11.6 Å². The van der Waals surface area contributed by atoms with E-state index in [2.05, 4.69) is 5.32 Å². The van der Waals surface area contributed by atoms with Gasteiger partial charge in [-0.1, -0.05) is 54.1 Å². The highest BCUT2D eigenvalue weighted by atomic mass is 35.5. The Balaban J connectivity index is 1.95. The van der Waals surface area contributed by atoms with Gasteiger partial charge in [-0.3, -0.25) is 0 Å². The van der Waals surface area contributed by atoms with Crippen LogP contribution in [0.25, 0.3) is 0 Å². The Kier molecular flexibility index (Phi) is 5.41. The third kappa shape index (κ3) is 3.97. The van der Waals surface area contributed by atoms with Crippen molar-refractivity contribution in [3.05, 3.63) is 64.7 Å². The van der Waals surface area contributed by atoms with Gasteiger partial charge in [-0.05, 0) is 18.1 Å². The normalized spacial score (nSPS) is 12.3. The maximum atomic E-state index is 9.84. The van der Waals surface area contributed by atoms with E-state index in [1.807, 2.05) is 36.4 Å². The van der Waals surface area contributed by atoms with Crippen molar-refractivity contribution < 1.29 is 10.2 Å². The van der Waals surface area contributed by atoms with Gasteiger partial charge < -0.3 is 15.5 Å². The molecule has 0 fully saturated rings.